The Kier molecular flexibility index (Phi) is 3.60. The minimum absolute atomic E-state index is 0.266. The largest absolute Gasteiger partial charge is 0.497 e. The maximum atomic E-state index is 11.8. The maximum Gasteiger partial charge on any atom is 0.330 e. The van der Waals surface area contributed by atoms with E-state index in [0.717, 1.165) is 36.4 Å². The van der Waals surface area contributed by atoms with Crippen molar-refractivity contribution in [3.05, 3.63) is 30.1 Å². The lowest BCUT2D eigenvalue weighted by atomic mass is 10.1. The number of hydrogen-bond acceptors (Lipinski definition) is 5. The zero-order valence-electron chi connectivity index (χ0n) is 12.1. The maximum absolute atomic E-state index is 11.8. The van der Waals surface area contributed by atoms with E-state index in [1.165, 1.54) is 7.11 Å². The van der Waals surface area contributed by atoms with Crippen molar-refractivity contribution < 1.29 is 14.3 Å². The number of aryl methyl sites for hydroxylation is 1. The van der Waals surface area contributed by atoms with Gasteiger partial charge < -0.3 is 9.47 Å². The number of aromatic nitrogens is 3. The fourth-order valence-electron chi connectivity index (χ4n) is 2.59. The van der Waals surface area contributed by atoms with Crippen molar-refractivity contribution in [2.75, 3.05) is 14.2 Å². The van der Waals surface area contributed by atoms with Crippen LogP contribution in [0.1, 0.15) is 24.7 Å². The number of ether oxygens (including phenoxy) is 2. The number of carbonyl (C=O) groups excluding carboxylic acids is 1. The molecule has 0 spiro atoms. The molecule has 0 amide bonds. The Labute approximate surface area is 122 Å². The third-order valence-electron chi connectivity index (χ3n) is 3.68. The van der Waals surface area contributed by atoms with Crippen LogP contribution in [0.3, 0.4) is 0 Å². The normalized spacial score (nSPS) is 17.1. The van der Waals surface area contributed by atoms with Crippen molar-refractivity contribution >= 4 is 5.97 Å². The first-order chi connectivity index (χ1) is 10.2. The molecule has 1 aromatic carbocycles. The van der Waals surface area contributed by atoms with Crippen molar-refractivity contribution in [1.82, 2.24) is 14.8 Å². The van der Waals surface area contributed by atoms with Gasteiger partial charge in [0.2, 0.25) is 0 Å². The summed E-state index contributed by atoms with van der Waals surface area (Å²) in [5, 5.41) is 4.50. The molecule has 1 unspecified atom stereocenters. The third kappa shape index (κ3) is 2.49. The number of fused-ring (bicyclic) bond motifs is 1. The molecule has 2 heterocycles. The molecule has 0 saturated heterocycles. The summed E-state index contributed by atoms with van der Waals surface area (Å²) in [6, 6.07) is 7.21. The predicted molar refractivity (Wildman–Crippen MR) is 76.0 cm³/mol. The second-order valence-corrected chi connectivity index (χ2v) is 4.96. The Balaban J connectivity index is 1.99. The molecule has 21 heavy (non-hydrogen) atoms. The summed E-state index contributed by atoms with van der Waals surface area (Å²) in [4.78, 5) is 16.4. The van der Waals surface area contributed by atoms with Gasteiger partial charge in [-0.25, -0.2) is 14.5 Å². The molecule has 0 N–H and O–H groups in total. The van der Waals surface area contributed by atoms with Crippen LogP contribution in [0.4, 0.5) is 0 Å². The third-order valence-corrected chi connectivity index (χ3v) is 3.68. The molecule has 0 saturated carbocycles. The van der Waals surface area contributed by atoms with E-state index in [0.29, 0.717) is 5.82 Å². The van der Waals surface area contributed by atoms with Crippen LogP contribution in [-0.4, -0.2) is 35.0 Å². The monoisotopic (exact) mass is 287 g/mol. The van der Waals surface area contributed by atoms with Crippen LogP contribution in [0.25, 0.3) is 11.4 Å². The fourth-order valence-corrected chi connectivity index (χ4v) is 2.59. The van der Waals surface area contributed by atoms with E-state index in [1.807, 2.05) is 24.3 Å². The summed E-state index contributed by atoms with van der Waals surface area (Å²) in [6.07, 6.45) is 2.47. The minimum Gasteiger partial charge on any atom is -0.497 e. The highest BCUT2D eigenvalue weighted by atomic mass is 16.5. The van der Waals surface area contributed by atoms with E-state index in [4.69, 9.17) is 9.47 Å². The van der Waals surface area contributed by atoms with E-state index in [2.05, 4.69) is 10.1 Å². The van der Waals surface area contributed by atoms with Gasteiger partial charge in [0.15, 0.2) is 11.9 Å². The zero-order valence-corrected chi connectivity index (χ0v) is 12.1. The second-order valence-electron chi connectivity index (χ2n) is 4.96. The smallest absolute Gasteiger partial charge is 0.330 e. The average molecular weight is 287 g/mol. The van der Waals surface area contributed by atoms with Crippen molar-refractivity contribution in [2.24, 2.45) is 0 Å². The number of carbonyl (C=O) groups is 1. The molecule has 0 bridgehead atoms. The number of esters is 1. The van der Waals surface area contributed by atoms with E-state index >= 15 is 0 Å². The van der Waals surface area contributed by atoms with Crippen LogP contribution >= 0.6 is 0 Å². The molecule has 0 radical (unpaired) electrons. The van der Waals surface area contributed by atoms with E-state index in [9.17, 15) is 4.79 Å². The number of hydrogen-bond donors (Lipinski definition) is 0. The lowest BCUT2D eigenvalue weighted by molar-refractivity contribution is -0.145. The molecule has 2 aromatic rings. The molecule has 6 nitrogen and oxygen atoms in total. The number of benzene rings is 1. The topological polar surface area (TPSA) is 66.2 Å². The quantitative estimate of drug-likeness (QED) is 0.808. The minimum atomic E-state index is -0.370. The van der Waals surface area contributed by atoms with Gasteiger partial charge in [0.05, 0.1) is 14.2 Å². The first-order valence-electron chi connectivity index (χ1n) is 6.90. The molecule has 1 aliphatic heterocycles. The van der Waals surface area contributed by atoms with Crippen LogP contribution < -0.4 is 4.74 Å². The van der Waals surface area contributed by atoms with Gasteiger partial charge in [0.1, 0.15) is 11.6 Å². The van der Waals surface area contributed by atoms with Gasteiger partial charge in [-0.1, -0.05) is 12.1 Å². The molecule has 0 fully saturated rings. The van der Waals surface area contributed by atoms with Crippen LogP contribution in [0.2, 0.25) is 0 Å². The van der Waals surface area contributed by atoms with Gasteiger partial charge in [-0.05, 0) is 25.0 Å². The first-order valence-corrected chi connectivity index (χ1v) is 6.90. The highest BCUT2D eigenvalue weighted by Gasteiger charge is 2.29. The Morgan fingerprint density at radius 2 is 2.24 bits per heavy atom. The summed E-state index contributed by atoms with van der Waals surface area (Å²) in [7, 11) is 3.02. The Hall–Kier alpha value is -2.37. The van der Waals surface area contributed by atoms with Crippen LogP contribution in [0.5, 0.6) is 5.75 Å². The Bertz CT molecular complexity index is 666. The van der Waals surface area contributed by atoms with E-state index in [1.54, 1.807) is 11.8 Å². The number of nitrogens with zero attached hydrogens (tertiary/aromatic N) is 3. The fraction of sp³-hybridized carbons (Fsp3) is 0.400. The lowest BCUT2D eigenvalue weighted by Gasteiger charge is -2.20. The highest BCUT2D eigenvalue weighted by molar-refractivity contribution is 5.74. The van der Waals surface area contributed by atoms with Gasteiger partial charge in [0, 0.05) is 12.0 Å². The molecule has 1 atom stereocenters. The molecular weight excluding hydrogens is 270 g/mol. The van der Waals surface area contributed by atoms with Crippen molar-refractivity contribution in [3.8, 4) is 17.1 Å². The molecular formula is C15H17N3O3. The first kappa shape index (κ1) is 13.6. The molecule has 1 aromatic heterocycles. The standard InChI is InChI=1S/C15H17N3O3/c1-20-11-6-3-5-10(9-11)14-16-13-8-4-7-12(15(19)21-2)18(13)17-14/h3,5-6,9,12H,4,7-8H2,1-2H3. The molecule has 6 heteroatoms. The summed E-state index contributed by atoms with van der Waals surface area (Å²) in [5.41, 5.74) is 0.875. The van der Waals surface area contributed by atoms with Crippen LogP contribution in [0.15, 0.2) is 24.3 Å². The Morgan fingerprint density at radius 1 is 1.38 bits per heavy atom. The summed E-state index contributed by atoms with van der Waals surface area (Å²) in [5.74, 6) is 1.93. The summed E-state index contributed by atoms with van der Waals surface area (Å²) in [6.45, 7) is 0. The predicted octanol–water partition coefficient (Wildman–Crippen LogP) is 2.00. The van der Waals surface area contributed by atoms with Gasteiger partial charge in [-0.15, -0.1) is 5.10 Å². The van der Waals surface area contributed by atoms with Crippen molar-refractivity contribution in [1.29, 1.82) is 0 Å². The van der Waals surface area contributed by atoms with Crippen molar-refractivity contribution in [3.63, 3.8) is 0 Å². The van der Waals surface area contributed by atoms with Gasteiger partial charge in [-0.3, -0.25) is 0 Å². The number of methoxy groups -OCH3 is 2. The van der Waals surface area contributed by atoms with Gasteiger partial charge in [-0.2, -0.15) is 0 Å². The lowest BCUT2D eigenvalue weighted by Crippen LogP contribution is -2.27. The van der Waals surface area contributed by atoms with Gasteiger partial charge in [0.25, 0.3) is 0 Å². The SMILES string of the molecule is COC(=O)C1CCCc2nc(-c3cccc(OC)c3)nn21. The zero-order chi connectivity index (χ0) is 14.8. The summed E-state index contributed by atoms with van der Waals surface area (Å²) < 4.78 is 11.8. The molecule has 1 aliphatic rings. The van der Waals surface area contributed by atoms with Crippen molar-refractivity contribution in [2.45, 2.75) is 25.3 Å². The van der Waals surface area contributed by atoms with Crippen LogP contribution in [0, 0.1) is 0 Å². The second kappa shape index (κ2) is 5.55. The number of rotatable bonds is 3. The molecule has 3 rings (SSSR count). The van der Waals surface area contributed by atoms with Crippen LogP contribution in [-0.2, 0) is 16.0 Å². The molecule has 110 valence electrons. The highest BCUT2D eigenvalue weighted by Crippen LogP contribution is 2.28. The van der Waals surface area contributed by atoms with E-state index in [-0.39, 0.29) is 12.0 Å². The summed E-state index contributed by atoms with van der Waals surface area (Å²) >= 11 is 0. The van der Waals surface area contributed by atoms with Gasteiger partial charge >= 0.3 is 5.97 Å². The van der Waals surface area contributed by atoms with E-state index < -0.39 is 0 Å². The Morgan fingerprint density at radius 3 is 3.00 bits per heavy atom. The average Bonchev–Trinajstić information content (AvgIpc) is 2.98. The molecule has 0 aliphatic carbocycles.